The SMILES string of the molecule is CCS(=O)(=O)N[C@H]1CCCN(C(C)(C)C)C1. The highest BCUT2D eigenvalue weighted by Crippen LogP contribution is 2.20. The fourth-order valence-corrected chi connectivity index (χ4v) is 2.89. The van der Waals surface area contributed by atoms with E-state index in [1.807, 2.05) is 0 Å². The second-order valence-electron chi connectivity index (χ2n) is 5.48. The first kappa shape index (κ1) is 13.9. The van der Waals surface area contributed by atoms with Gasteiger partial charge >= 0.3 is 0 Å². The van der Waals surface area contributed by atoms with E-state index in [1.54, 1.807) is 6.92 Å². The normalized spacial score (nSPS) is 24.6. The molecule has 1 rings (SSSR count). The Morgan fingerprint density at radius 1 is 1.38 bits per heavy atom. The van der Waals surface area contributed by atoms with Crippen LogP contribution in [0, 0.1) is 0 Å². The molecule has 0 unspecified atom stereocenters. The number of hydrogen-bond donors (Lipinski definition) is 1. The molecule has 1 N–H and O–H groups in total. The van der Waals surface area contributed by atoms with Crippen LogP contribution < -0.4 is 4.72 Å². The molecular weight excluding hydrogens is 224 g/mol. The molecule has 1 atom stereocenters. The zero-order valence-corrected chi connectivity index (χ0v) is 11.6. The van der Waals surface area contributed by atoms with E-state index in [2.05, 4.69) is 30.4 Å². The molecule has 4 nitrogen and oxygen atoms in total. The van der Waals surface area contributed by atoms with Gasteiger partial charge in [0.2, 0.25) is 10.0 Å². The van der Waals surface area contributed by atoms with Crippen LogP contribution in [0.5, 0.6) is 0 Å². The summed E-state index contributed by atoms with van der Waals surface area (Å²) in [4.78, 5) is 2.35. The molecule has 0 saturated carbocycles. The minimum atomic E-state index is -3.06. The smallest absolute Gasteiger partial charge is 0.211 e. The topological polar surface area (TPSA) is 49.4 Å². The van der Waals surface area contributed by atoms with Gasteiger partial charge in [-0.15, -0.1) is 0 Å². The molecule has 1 fully saturated rings. The van der Waals surface area contributed by atoms with Gasteiger partial charge in [0, 0.05) is 18.1 Å². The Morgan fingerprint density at radius 3 is 2.50 bits per heavy atom. The third-order valence-electron chi connectivity index (χ3n) is 3.10. The Hall–Kier alpha value is -0.130. The molecule has 0 spiro atoms. The molecule has 5 heteroatoms. The average Bonchev–Trinajstić information content (AvgIpc) is 2.16. The van der Waals surface area contributed by atoms with Crippen LogP contribution in [0.25, 0.3) is 0 Å². The standard InChI is InChI=1S/C11H24N2O2S/c1-5-16(14,15)12-10-7-6-8-13(9-10)11(2,3)4/h10,12H,5-9H2,1-4H3/t10-/m0/s1. The molecule has 0 aromatic heterocycles. The van der Waals surface area contributed by atoms with E-state index in [1.165, 1.54) is 0 Å². The zero-order chi connectivity index (χ0) is 12.4. The second kappa shape index (κ2) is 5.02. The van der Waals surface area contributed by atoms with Gasteiger partial charge in [0.1, 0.15) is 0 Å². The fraction of sp³-hybridized carbons (Fsp3) is 1.00. The lowest BCUT2D eigenvalue weighted by Gasteiger charge is -2.41. The first-order chi connectivity index (χ1) is 7.24. The first-order valence-corrected chi connectivity index (χ1v) is 7.65. The van der Waals surface area contributed by atoms with Gasteiger partial charge in [-0.2, -0.15) is 0 Å². The zero-order valence-electron chi connectivity index (χ0n) is 10.8. The van der Waals surface area contributed by atoms with Crippen molar-refractivity contribution in [2.75, 3.05) is 18.8 Å². The Bertz CT molecular complexity index is 319. The van der Waals surface area contributed by atoms with Gasteiger partial charge in [0.25, 0.3) is 0 Å². The lowest BCUT2D eigenvalue weighted by Crippen LogP contribution is -2.53. The van der Waals surface area contributed by atoms with Crippen molar-refractivity contribution in [3.63, 3.8) is 0 Å². The van der Waals surface area contributed by atoms with Crippen molar-refractivity contribution in [3.8, 4) is 0 Å². The number of nitrogens with zero attached hydrogens (tertiary/aromatic N) is 1. The molecule has 96 valence electrons. The van der Waals surface area contributed by atoms with Crippen LogP contribution in [0.1, 0.15) is 40.5 Å². The third kappa shape index (κ3) is 4.03. The molecule has 0 aromatic rings. The highest BCUT2D eigenvalue weighted by molar-refractivity contribution is 7.89. The lowest BCUT2D eigenvalue weighted by atomic mass is 9.99. The number of sulfonamides is 1. The van der Waals surface area contributed by atoms with Crippen molar-refractivity contribution in [3.05, 3.63) is 0 Å². The van der Waals surface area contributed by atoms with Crippen molar-refractivity contribution in [2.45, 2.75) is 52.1 Å². The van der Waals surface area contributed by atoms with Crippen molar-refractivity contribution in [2.24, 2.45) is 0 Å². The first-order valence-electron chi connectivity index (χ1n) is 5.99. The lowest BCUT2D eigenvalue weighted by molar-refractivity contribution is 0.0962. The van der Waals surface area contributed by atoms with Gasteiger partial charge in [-0.3, -0.25) is 4.90 Å². The number of likely N-dealkylation sites (tertiary alicyclic amines) is 1. The van der Waals surface area contributed by atoms with Crippen LogP contribution in [0.2, 0.25) is 0 Å². The maximum Gasteiger partial charge on any atom is 0.211 e. The van der Waals surface area contributed by atoms with Crippen LogP contribution in [-0.4, -0.2) is 43.7 Å². The summed E-state index contributed by atoms with van der Waals surface area (Å²) in [5.41, 5.74) is 0.121. The van der Waals surface area contributed by atoms with Crippen molar-refractivity contribution in [1.82, 2.24) is 9.62 Å². The summed E-state index contributed by atoms with van der Waals surface area (Å²) in [6.45, 7) is 10.1. The molecule has 1 heterocycles. The summed E-state index contributed by atoms with van der Waals surface area (Å²) in [6.07, 6.45) is 2.01. The van der Waals surface area contributed by atoms with Crippen LogP contribution in [0.3, 0.4) is 0 Å². The number of nitrogens with one attached hydrogen (secondary N) is 1. The summed E-state index contributed by atoms with van der Waals surface area (Å²) in [6, 6.07) is 0.0814. The largest absolute Gasteiger partial charge is 0.297 e. The summed E-state index contributed by atoms with van der Waals surface area (Å²) in [5, 5.41) is 0. The maximum atomic E-state index is 11.5. The van der Waals surface area contributed by atoms with Gasteiger partial charge in [-0.1, -0.05) is 0 Å². The van der Waals surface area contributed by atoms with Crippen molar-refractivity contribution in [1.29, 1.82) is 0 Å². The minimum Gasteiger partial charge on any atom is -0.297 e. The van der Waals surface area contributed by atoms with Gasteiger partial charge in [0.05, 0.1) is 5.75 Å². The summed E-state index contributed by atoms with van der Waals surface area (Å²) in [7, 11) is -3.06. The molecule has 0 amide bonds. The molecule has 0 radical (unpaired) electrons. The monoisotopic (exact) mass is 248 g/mol. The Labute approximate surface area is 99.5 Å². The Balaban J connectivity index is 2.58. The molecule has 1 saturated heterocycles. The minimum absolute atomic E-state index is 0.0814. The van der Waals surface area contributed by atoms with Crippen molar-refractivity contribution >= 4 is 10.0 Å². The predicted octanol–water partition coefficient (Wildman–Crippen LogP) is 1.19. The van der Waals surface area contributed by atoms with Gasteiger partial charge in [-0.25, -0.2) is 13.1 Å². The maximum absolute atomic E-state index is 11.5. The number of hydrogen-bond acceptors (Lipinski definition) is 3. The van der Waals surface area contributed by atoms with E-state index >= 15 is 0 Å². The van der Waals surface area contributed by atoms with Crippen LogP contribution in [0.4, 0.5) is 0 Å². The molecule has 0 bridgehead atoms. The van der Waals surface area contributed by atoms with Crippen molar-refractivity contribution < 1.29 is 8.42 Å². The van der Waals surface area contributed by atoms with E-state index in [0.717, 1.165) is 25.9 Å². The highest BCUT2D eigenvalue weighted by Gasteiger charge is 2.29. The van der Waals surface area contributed by atoms with Gasteiger partial charge < -0.3 is 0 Å². The van der Waals surface area contributed by atoms with Crippen LogP contribution in [-0.2, 0) is 10.0 Å². The summed E-state index contributed by atoms with van der Waals surface area (Å²) in [5.74, 6) is 0.166. The summed E-state index contributed by atoms with van der Waals surface area (Å²) >= 11 is 0. The van der Waals surface area contributed by atoms with E-state index < -0.39 is 10.0 Å². The molecule has 1 aliphatic heterocycles. The highest BCUT2D eigenvalue weighted by atomic mass is 32.2. The summed E-state index contributed by atoms with van der Waals surface area (Å²) < 4.78 is 25.8. The predicted molar refractivity (Wildman–Crippen MR) is 66.9 cm³/mol. The molecule has 0 aliphatic carbocycles. The van der Waals surface area contributed by atoms with Crippen LogP contribution in [0.15, 0.2) is 0 Å². The second-order valence-corrected chi connectivity index (χ2v) is 7.52. The fourth-order valence-electron chi connectivity index (χ4n) is 2.02. The molecule has 1 aliphatic rings. The Morgan fingerprint density at radius 2 is 2.00 bits per heavy atom. The van der Waals surface area contributed by atoms with E-state index in [9.17, 15) is 8.42 Å². The number of piperidine rings is 1. The number of rotatable bonds is 3. The van der Waals surface area contributed by atoms with E-state index in [-0.39, 0.29) is 17.3 Å². The van der Waals surface area contributed by atoms with Gasteiger partial charge in [-0.05, 0) is 47.1 Å². The molecular formula is C11H24N2O2S. The van der Waals surface area contributed by atoms with E-state index in [0.29, 0.717) is 0 Å². The molecule has 0 aromatic carbocycles. The Kier molecular flexibility index (Phi) is 4.37. The van der Waals surface area contributed by atoms with Gasteiger partial charge in [0.15, 0.2) is 0 Å². The van der Waals surface area contributed by atoms with Crippen LogP contribution >= 0.6 is 0 Å². The quantitative estimate of drug-likeness (QED) is 0.816. The average molecular weight is 248 g/mol. The molecule has 16 heavy (non-hydrogen) atoms. The third-order valence-corrected chi connectivity index (χ3v) is 4.55. The van der Waals surface area contributed by atoms with E-state index in [4.69, 9.17) is 0 Å².